The summed E-state index contributed by atoms with van der Waals surface area (Å²) >= 11 is 0. The molecule has 0 aliphatic carbocycles. The van der Waals surface area contributed by atoms with Gasteiger partial charge >= 0.3 is 0 Å². The third kappa shape index (κ3) is 7.65. The summed E-state index contributed by atoms with van der Waals surface area (Å²) in [6.07, 6.45) is 7.09. The molecule has 1 aliphatic rings. The number of halogens is 1. The molecular weight excluding hydrogens is 515 g/mol. The van der Waals surface area contributed by atoms with Gasteiger partial charge in [0.1, 0.15) is 5.82 Å². The predicted octanol–water partition coefficient (Wildman–Crippen LogP) is 3.65. The molecule has 174 valence electrons. The van der Waals surface area contributed by atoms with Crippen LogP contribution >= 0.6 is 24.0 Å². The lowest BCUT2D eigenvalue weighted by atomic mass is 10.1. The molecule has 1 aromatic heterocycles. The first-order valence-electron chi connectivity index (χ1n) is 11.0. The zero-order valence-electron chi connectivity index (χ0n) is 19.3. The Bertz CT molecular complexity index is 859. The Morgan fingerprint density at radius 1 is 0.969 bits per heavy atom. The Kier molecular flexibility index (Phi) is 10.7. The van der Waals surface area contributed by atoms with Crippen LogP contribution in [0.3, 0.4) is 0 Å². The van der Waals surface area contributed by atoms with E-state index in [1.54, 1.807) is 26.0 Å². The number of amides is 1. The highest BCUT2D eigenvalue weighted by molar-refractivity contribution is 14.0. The number of aromatic nitrogens is 1. The summed E-state index contributed by atoms with van der Waals surface area (Å²) in [5.41, 5.74) is 2.89. The van der Waals surface area contributed by atoms with Crippen molar-refractivity contribution in [3.8, 4) is 0 Å². The number of benzene rings is 1. The zero-order valence-corrected chi connectivity index (χ0v) is 21.6. The van der Waals surface area contributed by atoms with Gasteiger partial charge in [-0.3, -0.25) is 9.79 Å². The molecule has 8 heteroatoms. The van der Waals surface area contributed by atoms with Crippen molar-refractivity contribution in [3.05, 3.63) is 59.3 Å². The summed E-state index contributed by atoms with van der Waals surface area (Å²) in [4.78, 5) is 24.9. The van der Waals surface area contributed by atoms with Crippen LogP contribution in [0, 0.1) is 0 Å². The summed E-state index contributed by atoms with van der Waals surface area (Å²) < 4.78 is 0. The number of carbonyl (C=O) groups is 1. The van der Waals surface area contributed by atoms with E-state index < -0.39 is 0 Å². The van der Waals surface area contributed by atoms with E-state index in [0.29, 0.717) is 18.7 Å². The van der Waals surface area contributed by atoms with Crippen LogP contribution in [0.15, 0.2) is 47.6 Å². The largest absolute Gasteiger partial charge is 0.357 e. The average Bonchev–Trinajstić information content (AvgIpc) is 3.09. The predicted molar refractivity (Wildman–Crippen MR) is 142 cm³/mol. The van der Waals surface area contributed by atoms with E-state index in [4.69, 9.17) is 0 Å². The van der Waals surface area contributed by atoms with Crippen molar-refractivity contribution in [3.63, 3.8) is 0 Å². The molecule has 32 heavy (non-hydrogen) atoms. The Balaban J connectivity index is 0.00000363. The van der Waals surface area contributed by atoms with E-state index in [0.717, 1.165) is 36.0 Å². The number of nitrogens with one attached hydrogen (secondary N) is 2. The van der Waals surface area contributed by atoms with Gasteiger partial charge in [-0.15, -0.1) is 24.0 Å². The van der Waals surface area contributed by atoms with Gasteiger partial charge in [0.25, 0.3) is 5.91 Å². The van der Waals surface area contributed by atoms with Crippen LogP contribution in [0.1, 0.15) is 47.2 Å². The molecule has 0 atom stereocenters. The van der Waals surface area contributed by atoms with Gasteiger partial charge in [-0.2, -0.15) is 0 Å². The summed E-state index contributed by atoms with van der Waals surface area (Å²) in [6.45, 7) is 3.49. The SMILES string of the molecule is CN=C(NCc1ccc(C(=O)N(C)C)cc1)NCc1ccc(N2CCCCCC2)nc1.I. The molecule has 0 spiro atoms. The highest BCUT2D eigenvalue weighted by Gasteiger charge is 2.11. The second-order valence-electron chi connectivity index (χ2n) is 8.10. The molecule has 0 unspecified atom stereocenters. The molecule has 2 heterocycles. The van der Waals surface area contributed by atoms with Crippen LogP contribution in [0.4, 0.5) is 5.82 Å². The van der Waals surface area contributed by atoms with Gasteiger partial charge in [0.05, 0.1) is 0 Å². The van der Waals surface area contributed by atoms with Crippen molar-refractivity contribution < 1.29 is 4.79 Å². The van der Waals surface area contributed by atoms with Crippen molar-refractivity contribution in [2.75, 3.05) is 39.1 Å². The minimum absolute atomic E-state index is 0. The maximum Gasteiger partial charge on any atom is 0.253 e. The zero-order chi connectivity index (χ0) is 22.1. The van der Waals surface area contributed by atoms with Gasteiger partial charge in [-0.05, 0) is 42.2 Å². The van der Waals surface area contributed by atoms with Crippen molar-refractivity contribution in [2.24, 2.45) is 4.99 Å². The molecule has 3 rings (SSSR count). The summed E-state index contributed by atoms with van der Waals surface area (Å²) in [6, 6.07) is 11.9. The highest BCUT2D eigenvalue weighted by atomic mass is 127. The molecule has 7 nitrogen and oxygen atoms in total. The average molecular weight is 550 g/mol. The molecule has 1 aromatic carbocycles. The quantitative estimate of drug-likeness (QED) is 0.327. The van der Waals surface area contributed by atoms with E-state index >= 15 is 0 Å². The second kappa shape index (κ2) is 13.2. The van der Waals surface area contributed by atoms with Crippen molar-refractivity contribution in [1.82, 2.24) is 20.5 Å². The van der Waals surface area contributed by atoms with Crippen LogP contribution in [-0.4, -0.2) is 56.0 Å². The number of guanidine groups is 1. The molecule has 0 saturated carbocycles. The Morgan fingerprint density at radius 2 is 1.56 bits per heavy atom. The lowest BCUT2D eigenvalue weighted by Gasteiger charge is -2.21. The minimum Gasteiger partial charge on any atom is -0.357 e. The molecular formula is C24H35IN6O. The fourth-order valence-corrected chi connectivity index (χ4v) is 3.62. The standard InChI is InChI=1S/C24H34N6O.HI/c1-25-24(27-16-19-8-11-21(12-9-19)23(31)29(2)3)28-18-20-10-13-22(26-17-20)30-14-6-4-5-7-15-30;/h8-13,17H,4-7,14-16,18H2,1-3H3,(H2,25,27,28);1H. The van der Waals surface area contributed by atoms with E-state index in [1.165, 1.54) is 25.7 Å². The molecule has 1 fully saturated rings. The van der Waals surface area contributed by atoms with E-state index in [9.17, 15) is 4.79 Å². The maximum atomic E-state index is 12.0. The Hall–Kier alpha value is -2.36. The Morgan fingerprint density at radius 3 is 2.09 bits per heavy atom. The van der Waals surface area contributed by atoms with Gasteiger partial charge in [-0.25, -0.2) is 4.98 Å². The molecule has 1 saturated heterocycles. The lowest BCUT2D eigenvalue weighted by Crippen LogP contribution is -2.36. The topological polar surface area (TPSA) is 72.9 Å². The van der Waals surface area contributed by atoms with Crippen molar-refractivity contribution in [2.45, 2.75) is 38.8 Å². The number of aliphatic imine (C=N–C) groups is 1. The number of hydrogen-bond acceptors (Lipinski definition) is 4. The number of rotatable bonds is 6. The third-order valence-corrected chi connectivity index (χ3v) is 5.49. The van der Waals surface area contributed by atoms with E-state index in [-0.39, 0.29) is 29.9 Å². The number of anilines is 1. The normalized spacial score (nSPS) is 14.2. The van der Waals surface area contributed by atoms with Crippen molar-refractivity contribution in [1.29, 1.82) is 0 Å². The number of carbonyl (C=O) groups excluding carboxylic acids is 1. The third-order valence-electron chi connectivity index (χ3n) is 5.49. The number of pyridine rings is 1. The molecule has 2 aromatic rings. The summed E-state index contributed by atoms with van der Waals surface area (Å²) in [5, 5.41) is 6.65. The number of nitrogens with zero attached hydrogens (tertiary/aromatic N) is 4. The van der Waals surface area contributed by atoms with Gasteiger partial charge < -0.3 is 20.4 Å². The molecule has 0 bridgehead atoms. The molecule has 2 N–H and O–H groups in total. The fraction of sp³-hybridized carbons (Fsp3) is 0.458. The minimum atomic E-state index is 0. The van der Waals surface area contributed by atoms with Crippen LogP contribution in [0.2, 0.25) is 0 Å². The van der Waals surface area contributed by atoms with Crippen molar-refractivity contribution >= 4 is 41.7 Å². The van der Waals surface area contributed by atoms with Crippen LogP contribution in [0.5, 0.6) is 0 Å². The monoisotopic (exact) mass is 550 g/mol. The van der Waals surface area contributed by atoms with E-state index in [2.05, 4.69) is 37.6 Å². The van der Waals surface area contributed by atoms with Crippen LogP contribution in [-0.2, 0) is 13.1 Å². The molecule has 1 amide bonds. The van der Waals surface area contributed by atoms with Gasteiger partial charge in [0, 0.05) is 59.1 Å². The first kappa shape index (κ1) is 25.9. The van der Waals surface area contributed by atoms with Gasteiger partial charge in [-0.1, -0.05) is 31.0 Å². The molecule has 1 aliphatic heterocycles. The lowest BCUT2D eigenvalue weighted by molar-refractivity contribution is 0.0827. The first-order valence-corrected chi connectivity index (χ1v) is 11.0. The van der Waals surface area contributed by atoms with E-state index in [1.807, 2.05) is 30.5 Å². The van der Waals surface area contributed by atoms with Crippen LogP contribution < -0.4 is 15.5 Å². The Labute approximate surface area is 208 Å². The smallest absolute Gasteiger partial charge is 0.253 e. The number of hydrogen-bond donors (Lipinski definition) is 2. The molecule has 0 radical (unpaired) electrons. The van der Waals surface area contributed by atoms with Gasteiger partial charge in [0.15, 0.2) is 5.96 Å². The van der Waals surface area contributed by atoms with Gasteiger partial charge in [0.2, 0.25) is 0 Å². The first-order chi connectivity index (χ1) is 15.1. The fourth-order valence-electron chi connectivity index (χ4n) is 3.62. The highest BCUT2D eigenvalue weighted by Crippen LogP contribution is 2.17. The summed E-state index contributed by atoms with van der Waals surface area (Å²) in [7, 11) is 5.27. The second-order valence-corrected chi connectivity index (χ2v) is 8.10. The summed E-state index contributed by atoms with van der Waals surface area (Å²) in [5.74, 6) is 1.81. The van der Waals surface area contributed by atoms with Crippen LogP contribution in [0.25, 0.3) is 0 Å². The maximum absolute atomic E-state index is 12.0.